The van der Waals surface area contributed by atoms with E-state index in [0.717, 1.165) is 0 Å². The van der Waals surface area contributed by atoms with Crippen molar-refractivity contribution in [3.63, 3.8) is 0 Å². The van der Waals surface area contributed by atoms with Crippen LogP contribution >= 0.6 is 0 Å². The zero-order chi connectivity index (χ0) is 18.1. The smallest absolute Gasteiger partial charge is 0.316 e. The van der Waals surface area contributed by atoms with Crippen molar-refractivity contribution in [1.29, 1.82) is 0 Å². The first-order valence-electron chi connectivity index (χ1n) is 7.42. The largest absolute Gasteiger partial charge is 0.504 e. The number of hydrogen-bond donors (Lipinski definition) is 1. The topological polar surface area (TPSA) is 74.2 Å². The third kappa shape index (κ3) is 2.91. The third-order valence-corrected chi connectivity index (χ3v) is 3.57. The standard InChI is InChI=1S/C18H22O6/c1-18(2,3)17(20)24-14-10-8-7-9-11(21-4)12(10)13(19)15(22-5)16(14)23-6/h7-9,19H,1-6H3. The molecule has 0 amide bonds. The van der Waals surface area contributed by atoms with E-state index in [1.807, 2.05) is 0 Å². The fourth-order valence-electron chi connectivity index (χ4n) is 2.30. The second kappa shape index (κ2) is 6.47. The van der Waals surface area contributed by atoms with E-state index in [1.54, 1.807) is 39.0 Å². The maximum atomic E-state index is 12.4. The molecule has 6 nitrogen and oxygen atoms in total. The summed E-state index contributed by atoms with van der Waals surface area (Å²) >= 11 is 0. The minimum absolute atomic E-state index is 0.0752. The number of carbonyl (C=O) groups excluding carboxylic acids is 1. The highest BCUT2D eigenvalue weighted by atomic mass is 16.6. The Morgan fingerprint density at radius 3 is 2.08 bits per heavy atom. The Morgan fingerprint density at radius 1 is 0.958 bits per heavy atom. The average molecular weight is 334 g/mol. The van der Waals surface area contributed by atoms with Crippen molar-refractivity contribution in [3.8, 4) is 28.7 Å². The highest BCUT2D eigenvalue weighted by Crippen LogP contribution is 2.53. The highest BCUT2D eigenvalue weighted by Gasteiger charge is 2.30. The number of methoxy groups -OCH3 is 3. The zero-order valence-electron chi connectivity index (χ0n) is 14.7. The SMILES string of the molecule is COc1c(OC)c(O)c2c(OC)cccc2c1OC(=O)C(C)(C)C. The van der Waals surface area contributed by atoms with Crippen LogP contribution in [0.1, 0.15) is 20.8 Å². The summed E-state index contributed by atoms with van der Waals surface area (Å²) in [7, 11) is 4.30. The van der Waals surface area contributed by atoms with E-state index >= 15 is 0 Å². The van der Waals surface area contributed by atoms with Crippen molar-refractivity contribution in [2.75, 3.05) is 21.3 Å². The van der Waals surface area contributed by atoms with Gasteiger partial charge in [-0.25, -0.2) is 0 Å². The second-order valence-corrected chi connectivity index (χ2v) is 6.27. The predicted octanol–water partition coefficient (Wildman–Crippen LogP) is 3.52. The van der Waals surface area contributed by atoms with Gasteiger partial charge in [-0.1, -0.05) is 12.1 Å². The molecule has 0 radical (unpaired) electrons. The first-order valence-corrected chi connectivity index (χ1v) is 7.42. The van der Waals surface area contributed by atoms with Gasteiger partial charge in [0.15, 0.2) is 11.5 Å². The van der Waals surface area contributed by atoms with Gasteiger partial charge in [0.05, 0.1) is 32.1 Å². The maximum absolute atomic E-state index is 12.4. The second-order valence-electron chi connectivity index (χ2n) is 6.27. The van der Waals surface area contributed by atoms with Crippen molar-refractivity contribution in [2.24, 2.45) is 5.41 Å². The number of fused-ring (bicyclic) bond motifs is 1. The van der Waals surface area contributed by atoms with E-state index in [1.165, 1.54) is 21.3 Å². The van der Waals surface area contributed by atoms with Crippen molar-refractivity contribution in [1.82, 2.24) is 0 Å². The molecular formula is C18H22O6. The molecule has 0 saturated carbocycles. The number of carbonyl (C=O) groups is 1. The van der Waals surface area contributed by atoms with Gasteiger partial charge in [-0.05, 0) is 26.8 Å². The first kappa shape index (κ1) is 17.7. The average Bonchev–Trinajstić information content (AvgIpc) is 2.55. The Kier molecular flexibility index (Phi) is 4.78. The van der Waals surface area contributed by atoms with Crippen LogP contribution in [0.5, 0.6) is 28.7 Å². The van der Waals surface area contributed by atoms with Crippen LogP contribution in [-0.4, -0.2) is 32.4 Å². The Balaban J connectivity index is 2.85. The van der Waals surface area contributed by atoms with Gasteiger partial charge in [0.2, 0.25) is 11.5 Å². The van der Waals surface area contributed by atoms with Crippen molar-refractivity contribution < 1.29 is 28.8 Å². The van der Waals surface area contributed by atoms with E-state index in [0.29, 0.717) is 16.5 Å². The zero-order valence-corrected chi connectivity index (χ0v) is 14.7. The number of esters is 1. The molecule has 24 heavy (non-hydrogen) atoms. The number of benzene rings is 2. The molecule has 0 unspecified atom stereocenters. The molecule has 0 aliphatic heterocycles. The summed E-state index contributed by atoms with van der Waals surface area (Å²) in [6.07, 6.45) is 0. The molecule has 6 heteroatoms. The van der Waals surface area contributed by atoms with Crippen molar-refractivity contribution in [2.45, 2.75) is 20.8 Å². The number of ether oxygens (including phenoxy) is 4. The molecule has 0 bridgehead atoms. The Labute approximate surface area is 140 Å². The fourth-order valence-corrected chi connectivity index (χ4v) is 2.30. The summed E-state index contributed by atoms with van der Waals surface area (Å²) in [6.45, 7) is 5.26. The summed E-state index contributed by atoms with van der Waals surface area (Å²) in [5.74, 6) is 0.259. The molecule has 0 aliphatic rings. The van der Waals surface area contributed by atoms with Gasteiger partial charge in [-0.2, -0.15) is 0 Å². The fraction of sp³-hybridized carbons (Fsp3) is 0.389. The van der Waals surface area contributed by atoms with Gasteiger partial charge in [0.25, 0.3) is 0 Å². The van der Waals surface area contributed by atoms with Gasteiger partial charge in [0, 0.05) is 5.39 Å². The summed E-state index contributed by atoms with van der Waals surface area (Å²) in [4.78, 5) is 12.4. The molecule has 2 rings (SSSR count). The lowest BCUT2D eigenvalue weighted by atomic mass is 9.97. The lowest BCUT2D eigenvalue weighted by Crippen LogP contribution is -2.25. The summed E-state index contributed by atoms with van der Waals surface area (Å²) in [6, 6.07) is 5.15. The molecular weight excluding hydrogens is 312 g/mol. The first-order chi connectivity index (χ1) is 11.3. The van der Waals surface area contributed by atoms with E-state index in [9.17, 15) is 9.90 Å². The van der Waals surface area contributed by atoms with E-state index in [-0.39, 0.29) is 23.0 Å². The van der Waals surface area contributed by atoms with Gasteiger partial charge >= 0.3 is 5.97 Å². The van der Waals surface area contributed by atoms with Crippen molar-refractivity contribution in [3.05, 3.63) is 18.2 Å². The monoisotopic (exact) mass is 334 g/mol. The van der Waals surface area contributed by atoms with E-state index in [4.69, 9.17) is 18.9 Å². The van der Waals surface area contributed by atoms with E-state index < -0.39 is 11.4 Å². The van der Waals surface area contributed by atoms with Crippen molar-refractivity contribution >= 4 is 16.7 Å². The van der Waals surface area contributed by atoms with Crippen LogP contribution in [0, 0.1) is 5.41 Å². The predicted molar refractivity (Wildman–Crippen MR) is 90.4 cm³/mol. The molecule has 1 N–H and O–H groups in total. The summed E-state index contributed by atoms with van der Waals surface area (Å²) in [5, 5.41) is 11.4. The van der Waals surface area contributed by atoms with Crippen LogP contribution in [0.4, 0.5) is 0 Å². The number of phenols is 1. The minimum atomic E-state index is -0.707. The Morgan fingerprint density at radius 2 is 1.58 bits per heavy atom. The molecule has 130 valence electrons. The molecule has 2 aromatic rings. The normalized spacial score (nSPS) is 11.2. The van der Waals surface area contributed by atoms with Crippen LogP contribution in [0.15, 0.2) is 18.2 Å². The van der Waals surface area contributed by atoms with Gasteiger partial charge in [0.1, 0.15) is 5.75 Å². The number of phenolic OH excluding ortho intramolecular Hbond substituents is 1. The molecule has 0 saturated heterocycles. The van der Waals surface area contributed by atoms with Crippen LogP contribution in [-0.2, 0) is 4.79 Å². The third-order valence-electron chi connectivity index (χ3n) is 3.57. The van der Waals surface area contributed by atoms with Crippen LogP contribution < -0.4 is 18.9 Å². The maximum Gasteiger partial charge on any atom is 0.316 e. The molecule has 0 atom stereocenters. The Bertz CT molecular complexity index is 773. The molecule has 0 fully saturated rings. The molecule has 2 aromatic carbocycles. The summed E-state index contributed by atoms with van der Waals surface area (Å²) < 4.78 is 21.5. The minimum Gasteiger partial charge on any atom is -0.504 e. The highest BCUT2D eigenvalue weighted by molar-refractivity contribution is 6.03. The molecule has 0 aromatic heterocycles. The molecule has 0 spiro atoms. The van der Waals surface area contributed by atoms with Crippen LogP contribution in [0.25, 0.3) is 10.8 Å². The van der Waals surface area contributed by atoms with Gasteiger partial charge in [-0.3, -0.25) is 4.79 Å². The quantitative estimate of drug-likeness (QED) is 0.681. The number of rotatable bonds is 4. The van der Waals surface area contributed by atoms with E-state index in [2.05, 4.69) is 0 Å². The lowest BCUT2D eigenvalue weighted by molar-refractivity contribution is -0.143. The Hall–Kier alpha value is -2.63. The van der Waals surface area contributed by atoms with Crippen LogP contribution in [0.3, 0.4) is 0 Å². The van der Waals surface area contributed by atoms with Gasteiger partial charge < -0.3 is 24.1 Å². The van der Waals surface area contributed by atoms with Crippen LogP contribution in [0.2, 0.25) is 0 Å². The number of aromatic hydroxyl groups is 1. The van der Waals surface area contributed by atoms with Gasteiger partial charge in [-0.15, -0.1) is 0 Å². The molecule has 0 aliphatic carbocycles. The summed E-state index contributed by atoms with van der Waals surface area (Å²) in [5.41, 5.74) is -0.707. The lowest BCUT2D eigenvalue weighted by Gasteiger charge is -2.21. The number of hydrogen-bond acceptors (Lipinski definition) is 6. The molecule has 0 heterocycles.